The largest absolute Gasteiger partial charge is 0.352 e. The summed E-state index contributed by atoms with van der Waals surface area (Å²) < 4.78 is 0. The molecule has 2 heterocycles. The highest BCUT2D eigenvalue weighted by molar-refractivity contribution is 5.78. The summed E-state index contributed by atoms with van der Waals surface area (Å²) in [5.41, 5.74) is 0.442. The maximum Gasteiger partial charge on any atom is 0.234 e. The fourth-order valence-corrected chi connectivity index (χ4v) is 4.69. The number of nitrogens with zero attached hydrogens (tertiary/aromatic N) is 2. The lowest BCUT2D eigenvalue weighted by atomic mass is 9.87. The van der Waals surface area contributed by atoms with Crippen LogP contribution in [0.4, 0.5) is 0 Å². The predicted octanol–water partition coefficient (Wildman–Crippen LogP) is 1.30. The maximum absolute atomic E-state index is 12.3. The fraction of sp³-hybridized carbons (Fsp3) is 0.947. The van der Waals surface area contributed by atoms with E-state index in [0.717, 1.165) is 58.0 Å². The molecule has 0 aromatic rings. The van der Waals surface area contributed by atoms with Crippen molar-refractivity contribution in [3.63, 3.8) is 0 Å². The second kappa shape index (κ2) is 8.15. The summed E-state index contributed by atoms with van der Waals surface area (Å²) in [6.07, 6.45) is 6.19. The Balaban J connectivity index is 1.35. The maximum atomic E-state index is 12.3. The van der Waals surface area contributed by atoms with Gasteiger partial charge >= 0.3 is 0 Å². The molecule has 0 aromatic carbocycles. The quantitative estimate of drug-likeness (QED) is 0.794. The molecule has 2 saturated heterocycles. The van der Waals surface area contributed by atoms with Crippen molar-refractivity contribution < 1.29 is 4.79 Å². The first-order valence-electron chi connectivity index (χ1n) is 9.97. The Morgan fingerprint density at radius 1 is 1.21 bits per heavy atom. The van der Waals surface area contributed by atoms with Crippen molar-refractivity contribution in [2.24, 2.45) is 11.3 Å². The Morgan fingerprint density at radius 2 is 1.96 bits per heavy atom. The molecule has 3 fully saturated rings. The summed E-state index contributed by atoms with van der Waals surface area (Å²) in [7, 11) is 0. The lowest BCUT2D eigenvalue weighted by Crippen LogP contribution is -2.52. The number of hydrogen-bond donors (Lipinski definition) is 2. The summed E-state index contributed by atoms with van der Waals surface area (Å²) in [5, 5.41) is 6.76. The summed E-state index contributed by atoms with van der Waals surface area (Å²) in [5.74, 6) is 0.994. The van der Waals surface area contributed by atoms with Crippen LogP contribution in [0.5, 0.6) is 0 Å². The van der Waals surface area contributed by atoms with Crippen molar-refractivity contribution in [3.05, 3.63) is 0 Å². The number of carbonyl (C=O) groups excluding carboxylic acids is 1. The normalized spacial score (nSPS) is 35.9. The van der Waals surface area contributed by atoms with Crippen LogP contribution >= 0.6 is 0 Å². The van der Waals surface area contributed by atoms with Gasteiger partial charge in [-0.3, -0.25) is 9.69 Å². The van der Waals surface area contributed by atoms with Crippen molar-refractivity contribution >= 4 is 5.91 Å². The second-order valence-electron chi connectivity index (χ2n) is 8.83. The topological polar surface area (TPSA) is 47.6 Å². The molecule has 0 spiro atoms. The van der Waals surface area contributed by atoms with E-state index in [0.29, 0.717) is 18.0 Å². The average molecular weight is 337 g/mol. The van der Waals surface area contributed by atoms with E-state index < -0.39 is 0 Å². The van der Waals surface area contributed by atoms with Crippen LogP contribution < -0.4 is 10.6 Å². The Labute approximate surface area is 147 Å². The minimum atomic E-state index is 0.231. The Morgan fingerprint density at radius 3 is 2.62 bits per heavy atom. The third-order valence-electron chi connectivity index (χ3n) is 6.20. The molecule has 1 amide bonds. The summed E-state index contributed by atoms with van der Waals surface area (Å²) in [6.45, 7) is 13.0. The van der Waals surface area contributed by atoms with E-state index in [1.165, 1.54) is 25.8 Å². The molecule has 5 heteroatoms. The van der Waals surface area contributed by atoms with Gasteiger partial charge in [0, 0.05) is 45.3 Å². The first kappa shape index (κ1) is 18.2. The molecule has 1 saturated carbocycles. The van der Waals surface area contributed by atoms with Crippen molar-refractivity contribution in [2.45, 2.75) is 52.0 Å². The highest BCUT2D eigenvalue weighted by Gasteiger charge is 2.32. The zero-order valence-electron chi connectivity index (χ0n) is 15.6. The van der Waals surface area contributed by atoms with Crippen LogP contribution in [-0.2, 0) is 4.79 Å². The smallest absolute Gasteiger partial charge is 0.234 e. The number of nitrogens with one attached hydrogen (secondary N) is 2. The highest BCUT2D eigenvalue weighted by atomic mass is 16.2. The van der Waals surface area contributed by atoms with Crippen LogP contribution in [0, 0.1) is 11.3 Å². The highest BCUT2D eigenvalue weighted by Crippen LogP contribution is 2.26. The Hall–Kier alpha value is -0.650. The number of rotatable bonds is 5. The van der Waals surface area contributed by atoms with Crippen molar-refractivity contribution in [1.82, 2.24) is 20.4 Å². The van der Waals surface area contributed by atoms with E-state index in [-0.39, 0.29) is 5.91 Å². The molecule has 5 nitrogen and oxygen atoms in total. The van der Waals surface area contributed by atoms with Gasteiger partial charge in [-0.15, -0.1) is 0 Å². The first-order valence-corrected chi connectivity index (χ1v) is 9.97. The summed E-state index contributed by atoms with van der Waals surface area (Å²) >= 11 is 0. The molecule has 3 atom stereocenters. The molecule has 0 radical (unpaired) electrons. The third-order valence-corrected chi connectivity index (χ3v) is 6.20. The number of amides is 1. The zero-order chi connectivity index (χ0) is 17.0. The van der Waals surface area contributed by atoms with Gasteiger partial charge in [0.25, 0.3) is 0 Å². The summed E-state index contributed by atoms with van der Waals surface area (Å²) in [6, 6.07) is 0.414. The van der Waals surface area contributed by atoms with E-state index in [1.807, 2.05) is 0 Å². The minimum Gasteiger partial charge on any atom is -0.352 e. The van der Waals surface area contributed by atoms with Crippen LogP contribution in [0.2, 0.25) is 0 Å². The lowest BCUT2D eigenvalue weighted by molar-refractivity contribution is -0.123. The number of carbonyl (C=O) groups is 1. The van der Waals surface area contributed by atoms with Gasteiger partial charge in [0.15, 0.2) is 0 Å². The van der Waals surface area contributed by atoms with Crippen LogP contribution in [0.3, 0.4) is 0 Å². The first-order chi connectivity index (χ1) is 11.5. The number of piperazine rings is 1. The van der Waals surface area contributed by atoms with Gasteiger partial charge in [0.1, 0.15) is 0 Å². The van der Waals surface area contributed by atoms with Gasteiger partial charge in [-0.1, -0.05) is 26.7 Å². The molecule has 2 N–H and O–H groups in total. The molecular formula is C19H36N4O. The molecule has 3 aliphatic rings. The van der Waals surface area contributed by atoms with Crippen LogP contribution in [0.15, 0.2) is 0 Å². The molecule has 138 valence electrons. The SMILES string of the molecule is CC1CCCC(NC(=O)CN2CCN(CC3(C)CCNC3)CC2)C1. The van der Waals surface area contributed by atoms with Crippen molar-refractivity contribution in [1.29, 1.82) is 0 Å². The van der Waals surface area contributed by atoms with Crippen LogP contribution in [0.25, 0.3) is 0 Å². The van der Waals surface area contributed by atoms with E-state index in [2.05, 4.69) is 34.3 Å². The van der Waals surface area contributed by atoms with Crippen molar-refractivity contribution in [2.75, 3.05) is 52.4 Å². The van der Waals surface area contributed by atoms with Gasteiger partial charge in [-0.2, -0.15) is 0 Å². The zero-order valence-corrected chi connectivity index (χ0v) is 15.6. The molecule has 0 bridgehead atoms. The minimum absolute atomic E-state index is 0.231. The molecule has 1 aliphatic carbocycles. The van der Waals surface area contributed by atoms with Crippen LogP contribution in [0.1, 0.15) is 46.0 Å². The Bertz CT molecular complexity index is 414. The van der Waals surface area contributed by atoms with Crippen LogP contribution in [-0.4, -0.2) is 74.1 Å². The molecule has 0 aromatic heterocycles. The molecule has 2 aliphatic heterocycles. The van der Waals surface area contributed by atoms with Gasteiger partial charge in [-0.05, 0) is 37.1 Å². The third kappa shape index (κ3) is 5.17. The molecular weight excluding hydrogens is 300 g/mol. The van der Waals surface area contributed by atoms with Gasteiger partial charge in [0.05, 0.1) is 6.54 Å². The van der Waals surface area contributed by atoms with E-state index in [9.17, 15) is 4.79 Å². The van der Waals surface area contributed by atoms with Gasteiger partial charge in [-0.25, -0.2) is 0 Å². The fourth-order valence-electron chi connectivity index (χ4n) is 4.69. The van der Waals surface area contributed by atoms with E-state index in [1.54, 1.807) is 0 Å². The number of hydrogen-bond acceptors (Lipinski definition) is 4. The monoisotopic (exact) mass is 336 g/mol. The van der Waals surface area contributed by atoms with E-state index >= 15 is 0 Å². The van der Waals surface area contributed by atoms with Gasteiger partial charge in [0.2, 0.25) is 5.91 Å². The van der Waals surface area contributed by atoms with E-state index in [4.69, 9.17) is 0 Å². The standard InChI is InChI=1S/C19H36N4O/c1-16-4-3-5-17(12-16)21-18(24)13-22-8-10-23(11-9-22)15-19(2)6-7-20-14-19/h16-17,20H,3-15H2,1-2H3,(H,21,24). The van der Waals surface area contributed by atoms with Gasteiger partial charge < -0.3 is 15.5 Å². The lowest BCUT2D eigenvalue weighted by Gasteiger charge is -2.38. The summed E-state index contributed by atoms with van der Waals surface area (Å²) in [4.78, 5) is 17.2. The van der Waals surface area contributed by atoms with Crippen molar-refractivity contribution in [3.8, 4) is 0 Å². The molecule has 24 heavy (non-hydrogen) atoms. The molecule has 3 unspecified atom stereocenters. The Kier molecular flexibility index (Phi) is 6.17. The predicted molar refractivity (Wildman–Crippen MR) is 98.0 cm³/mol. The average Bonchev–Trinajstić information content (AvgIpc) is 2.95. The molecule has 3 rings (SSSR count). The second-order valence-corrected chi connectivity index (χ2v) is 8.83.